The zero-order chi connectivity index (χ0) is 11.7. The maximum Gasteiger partial charge on any atom is 0.0951 e. The summed E-state index contributed by atoms with van der Waals surface area (Å²) in [4.78, 5) is 6.68. The fourth-order valence-corrected chi connectivity index (χ4v) is 2.72. The number of rotatable bonds is 3. The lowest BCUT2D eigenvalue weighted by atomic mass is 9.98. The number of nitrogens with zero attached hydrogens (tertiary/aromatic N) is 3. The van der Waals surface area contributed by atoms with Crippen LogP contribution >= 0.6 is 0 Å². The summed E-state index contributed by atoms with van der Waals surface area (Å²) in [6.07, 6.45) is 5.12. The van der Waals surface area contributed by atoms with E-state index in [1.165, 1.54) is 12.1 Å². The molecule has 2 unspecified atom stereocenters. The second-order valence-corrected chi connectivity index (χ2v) is 5.03. The van der Waals surface area contributed by atoms with Crippen LogP contribution in [0.2, 0.25) is 0 Å². The molecule has 0 aliphatic carbocycles. The summed E-state index contributed by atoms with van der Waals surface area (Å²) in [7, 11) is 2.18. The number of aromatic nitrogens is 2. The molecular formula is C12H22N4. The Morgan fingerprint density at radius 2 is 2.31 bits per heavy atom. The van der Waals surface area contributed by atoms with Crippen molar-refractivity contribution < 1.29 is 0 Å². The molecule has 1 aromatic rings. The molecule has 2 rings (SSSR count). The molecular weight excluding hydrogens is 200 g/mol. The first-order valence-corrected chi connectivity index (χ1v) is 6.07. The molecule has 4 nitrogen and oxygen atoms in total. The Labute approximate surface area is 97.4 Å². The second-order valence-electron chi connectivity index (χ2n) is 5.03. The molecule has 2 N–H and O–H groups in total. The SMILES string of the molecule is CC(C)n1cncc1C1C(CN)CCN1C. The minimum absolute atomic E-state index is 0.440. The van der Waals surface area contributed by atoms with Gasteiger partial charge in [-0.1, -0.05) is 0 Å². The van der Waals surface area contributed by atoms with Crippen molar-refractivity contribution in [1.29, 1.82) is 0 Å². The molecule has 1 fully saturated rings. The van der Waals surface area contributed by atoms with Crippen LogP contribution in [0.4, 0.5) is 0 Å². The van der Waals surface area contributed by atoms with Gasteiger partial charge in [-0.05, 0) is 46.3 Å². The molecule has 0 amide bonds. The van der Waals surface area contributed by atoms with E-state index in [0.29, 0.717) is 18.0 Å². The number of hydrogen-bond acceptors (Lipinski definition) is 3. The van der Waals surface area contributed by atoms with Crippen LogP contribution < -0.4 is 5.73 Å². The van der Waals surface area contributed by atoms with E-state index in [9.17, 15) is 0 Å². The van der Waals surface area contributed by atoms with Crippen molar-refractivity contribution in [3.05, 3.63) is 18.2 Å². The molecule has 2 atom stereocenters. The van der Waals surface area contributed by atoms with Gasteiger partial charge in [-0.3, -0.25) is 4.90 Å². The Bertz CT molecular complexity index is 345. The van der Waals surface area contributed by atoms with Crippen LogP contribution in [0.1, 0.15) is 38.0 Å². The third-order valence-corrected chi connectivity index (χ3v) is 3.63. The van der Waals surface area contributed by atoms with Gasteiger partial charge in [0.1, 0.15) is 0 Å². The summed E-state index contributed by atoms with van der Waals surface area (Å²) < 4.78 is 2.26. The predicted octanol–water partition coefficient (Wildman–Crippen LogP) is 1.42. The van der Waals surface area contributed by atoms with Crippen LogP contribution in [-0.4, -0.2) is 34.6 Å². The zero-order valence-electron chi connectivity index (χ0n) is 10.4. The van der Waals surface area contributed by atoms with E-state index in [0.717, 1.165) is 13.1 Å². The van der Waals surface area contributed by atoms with Gasteiger partial charge in [-0.2, -0.15) is 0 Å². The molecule has 90 valence electrons. The Morgan fingerprint density at radius 3 is 2.94 bits per heavy atom. The molecule has 0 spiro atoms. The largest absolute Gasteiger partial charge is 0.331 e. The van der Waals surface area contributed by atoms with E-state index in [1.54, 1.807) is 0 Å². The van der Waals surface area contributed by atoms with E-state index < -0.39 is 0 Å². The van der Waals surface area contributed by atoms with Gasteiger partial charge in [0.15, 0.2) is 0 Å². The second kappa shape index (κ2) is 4.55. The Balaban J connectivity index is 2.31. The highest BCUT2D eigenvalue weighted by Crippen LogP contribution is 2.35. The topological polar surface area (TPSA) is 47.1 Å². The van der Waals surface area contributed by atoms with Gasteiger partial charge in [0.2, 0.25) is 0 Å². The number of nitrogens with two attached hydrogens (primary N) is 1. The summed E-state index contributed by atoms with van der Waals surface area (Å²) in [5.41, 5.74) is 7.17. The highest BCUT2D eigenvalue weighted by molar-refractivity contribution is 5.11. The molecule has 1 aromatic heterocycles. The highest BCUT2D eigenvalue weighted by atomic mass is 15.2. The first kappa shape index (κ1) is 11.6. The molecule has 0 aromatic carbocycles. The molecule has 0 radical (unpaired) electrons. The molecule has 0 saturated carbocycles. The fraction of sp³-hybridized carbons (Fsp3) is 0.750. The Hall–Kier alpha value is -0.870. The normalized spacial score (nSPS) is 26.8. The average molecular weight is 222 g/mol. The van der Waals surface area contributed by atoms with Gasteiger partial charge >= 0.3 is 0 Å². The zero-order valence-corrected chi connectivity index (χ0v) is 10.4. The lowest BCUT2D eigenvalue weighted by molar-refractivity contribution is 0.264. The molecule has 1 saturated heterocycles. The van der Waals surface area contributed by atoms with Crippen molar-refractivity contribution in [2.24, 2.45) is 11.7 Å². The first-order valence-electron chi connectivity index (χ1n) is 6.07. The third-order valence-electron chi connectivity index (χ3n) is 3.63. The molecule has 1 aliphatic rings. The summed E-state index contributed by atoms with van der Waals surface area (Å²) in [6.45, 7) is 6.28. The van der Waals surface area contributed by atoms with Crippen LogP contribution in [0.15, 0.2) is 12.5 Å². The smallest absolute Gasteiger partial charge is 0.0951 e. The first-order chi connectivity index (χ1) is 7.65. The Kier molecular flexibility index (Phi) is 3.30. The number of hydrogen-bond donors (Lipinski definition) is 1. The Morgan fingerprint density at radius 1 is 1.56 bits per heavy atom. The van der Waals surface area contributed by atoms with E-state index in [4.69, 9.17) is 5.73 Å². The van der Waals surface area contributed by atoms with Crippen molar-refractivity contribution in [1.82, 2.24) is 14.5 Å². The summed E-state index contributed by atoms with van der Waals surface area (Å²) in [6, 6.07) is 0.903. The molecule has 1 aliphatic heterocycles. The van der Waals surface area contributed by atoms with Crippen LogP contribution in [0.25, 0.3) is 0 Å². The maximum absolute atomic E-state index is 5.86. The molecule has 4 heteroatoms. The molecule has 0 bridgehead atoms. The summed E-state index contributed by atoms with van der Waals surface area (Å²) in [5.74, 6) is 0.569. The summed E-state index contributed by atoms with van der Waals surface area (Å²) >= 11 is 0. The fourth-order valence-electron chi connectivity index (χ4n) is 2.72. The van der Waals surface area contributed by atoms with E-state index >= 15 is 0 Å². The summed E-state index contributed by atoms with van der Waals surface area (Å²) in [5, 5.41) is 0. The average Bonchev–Trinajstić information content (AvgIpc) is 2.82. The van der Waals surface area contributed by atoms with Crippen molar-refractivity contribution in [3.63, 3.8) is 0 Å². The van der Waals surface area contributed by atoms with Crippen molar-refractivity contribution in [2.75, 3.05) is 20.1 Å². The monoisotopic (exact) mass is 222 g/mol. The van der Waals surface area contributed by atoms with Crippen molar-refractivity contribution in [2.45, 2.75) is 32.4 Å². The van der Waals surface area contributed by atoms with Gasteiger partial charge in [0.05, 0.1) is 18.1 Å². The van der Waals surface area contributed by atoms with Crippen LogP contribution in [0.3, 0.4) is 0 Å². The number of imidazole rings is 1. The quantitative estimate of drug-likeness (QED) is 0.841. The molecule has 16 heavy (non-hydrogen) atoms. The molecule has 2 heterocycles. The predicted molar refractivity (Wildman–Crippen MR) is 65.1 cm³/mol. The lowest BCUT2D eigenvalue weighted by Crippen LogP contribution is -2.27. The lowest BCUT2D eigenvalue weighted by Gasteiger charge is -2.26. The van der Waals surface area contributed by atoms with E-state index in [1.807, 2.05) is 12.5 Å². The van der Waals surface area contributed by atoms with Crippen LogP contribution in [0.5, 0.6) is 0 Å². The maximum atomic E-state index is 5.86. The van der Waals surface area contributed by atoms with Gasteiger partial charge < -0.3 is 10.3 Å². The third kappa shape index (κ3) is 1.87. The van der Waals surface area contributed by atoms with Crippen LogP contribution in [0, 0.1) is 5.92 Å². The van der Waals surface area contributed by atoms with Crippen molar-refractivity contribution in [3.8, 4) is 0 Å². The minimum Gasteiger partial charge on any atom is -0.331 e. The van der Waals surface area contributed by atoms with E-state index in [2.05, 4.69) is 35.3 Å². The van der Waals surface area contributed by atoms with Crippen LogP contribution in [-0.2, 0) is 0 Å². The minimum atomic E-state index is 0.440. The van der Waals surface area contributed by atoms with Gasteiger partial charge in [-0.15, -0.1) is 0 Å². The van der Waals surface area contributed by atoms with Crippen molar-refractivity contribution >= 4 is 0 Å². The van der Waals surface area contributed by atoms with Gasteiger partial charge in [-0.25, -0.2) is 4.98 Å². The number of likely N-dealkylation sites (tertiary alicyclic amines) is 1. The standard InChI is InChI=1S/C12H22N4/c1-9(2)16-8-14-7-11(16)12-10(6-13)4-5-15(12)3/h7-10,12H,4-6,13H2,1-3H3. The van der Waals surface area contributed by atoms with E-state index in [-0.39, 0.29) is 0 Å². The van der Waals surface area contributed by atoms with Gasteiger partial charge in [0, 0.05) is 12.2 Å². The highest BCUT2D eigenvalue weighted by Gasteiger charge is 2.34. The van der Waals surface area contributed by atoms with Gasteiger partial charge in [0.25, 0.3) is 0 Å².